The van der Waals surface area contributed by atoms with Crippen molar-refractivity contribution in [3.8, 4) is 0 Å². The van der Waals surface area contributed by atoms with E-state index in [0.29, 0.717) is 24.4 Å². The van der Waals surface area contributed by atoms with Crippen molar-refractivity contribution in [2.24, 2.45) is 0 Å². The van der Waals surface area contributed by atoms with Gasteiger partial charge in [0.25, 0.3) is 0 Å². The van der Waals surface area contributed by atoms with E-state index in [1.807, 2.05) is 0 Å². The van der Waals surface area contributed by atoms with Gasteiger partial charge in [-0.15, -0.1) is 11.3 Å². The Hall–Kier alpha value is 0.0500. The molecular weight excluding hydrogens is 326 g/mol. The highest BCUT2D eigenvalue weighted by Crippen LogP contribution is 2.31. The molecular formula is C10H16BrNO3S2. The zero-order valence-corrected chi connectivity index (χ0v) is 13.0. The number of rotatable bonds is 6. The lowest BCUT2D eigenvalue weighted by Crippen LogP contribution is -2.32. The van der Waals surface area contributed by atoms with Crippen molar-refractivity contribution in [3.05, 3.63) is 14.7 Å². The highest BCUT2D eigenvalue weighted by molar-refractivity contribution is 9.11. The first kappa shape index (κ1) is 15.1. The number of aliphatic hydroxyl groups excluding tert-OH is 1. The number of sulfonamides is 1. The topological polar surface area (TPSA) is 57.6 Å². The number of hydrogen-bond donors (Lipinski definition) is 1. The Labute approximate surface area is 114 Å². The highest BCUT2D eigenvalue weighted by atomic mass is 79.9. The molecule has 0 aliphatic carbocycles. The SMILES string of the molecule is CCN(CCCO)S(=O)(=O)c1cc(Br)sc1C. The average Bonchev–Trinajstić information content (AvgIpc) is 2.59. The normalized spacial score (nSPS) is 12.3. The average molecular weight is 342 g/mol. The lowest BCUT2D eigenvalue weighted by Gasteiger charge is -2.19. The van der Waals surface area contributed by atoms with Crippen molar-refractivity contribution in [3.63, 3.8) is 0 Å². The first-order valence-electron chi connectivity index (χ1n) is 5.30. The molecule has 98 valence electrons. The van der Waals surface area contributed by atoms with Crippen molar-refractivity contribution < 1.29 is 13.5 Å². The summed E-state index contributed by atoms with van der Waals surface area (Å²) in [5, 5.41) is 8.78. The molecule has 0 radical (unpaired) electrons. The van der Waals surface area contributed by atoms with Gasteiger partial charge in [0.05, 0.1) is 8.68 Å². The number of aryl methyl sites for hydroxylation is 1. The van der Waals surface area contributed by atoms with E-state index in [9.17, 15) is 8.42 Å². The summed E-state index contributed by atoms with van der Waals surface area (Å²) in [4.78, 5) is 1.13. The summed E-state index contributed by atoms with van der Waals surface area (Å²) in [6.45, 7) is 4.35. The van der Waals surface area contributed by atoms with Crippen LogP contribution >= 0.6 is 27.3 Å². The van der Waals surface area contributed by atoms with Gasteiger partial charge in [-0.3, -0.25) is 0 Å². The molecule has 0 aliphatic heterocycles. The first-order chi connectivity index (χ1) is 7.93. The maximum atomic E-state index is 12.3. The van der Waals surface area contributed by atoms with Crippen LogP contribution in [0.3, 0.4) is 0 Å². The van der Waals surface area contributed by atoms with Gasteiger partial charge in [0, 0.05) is 24.6 Å². The molecule has 1 heterocycles. The van der Waals surface area contributed by atoms with Crippen LogP contribution in [0.15, 0.2) is 14.7 Å². The molecule has 0 bridgehead atoms. The van der Waals surface area contributed by atoms with Gasteiger partial charge in [0.2, 0.25) is 10.0 Å². The number of halogens is 1. The highest BCUT2D eigenvalue weighted by Gasteiger charge is 2.25. The van der Waals surface area contributed by atoms with Gasteiger partial charge in [-0.1, -0.05) is 6.92 Å². The van der Waals surface area contributed by atoms with Crippen molar-refractivity contribution in [1.29, 1.82) is 0 Å². The van der Waals surface area contributed by atoms with E-state index in [4.69, 9.17) is 5.11 Å². The zero-order chi connectivity index (χ0) is 13.1. The fraction of sp³-hybridized carbons (Fsp3) is 0.600. The van der Waals surface area contributed by atoms with Gasteiger partial charge in [-0.25, -0.2) is 8.42 Å². The molecule has 1 aromatic rings. The summed E-state index contributed by atoms with van der Waals surface area (Å²) in [6.07, 6.45) is 0.456. The van der Waals surface area contributed by atoms with E-state index in [1.165, 1.54) is 15.6 Å². The van der Waals surface area contributed by atoms with Crippen molar-refractivity contribution >= 4 is 37.3 Å². The molecule has 17 heavy (non-hydrogen) atoms. The summed E-state index contributed by atoms with van der Waals surface area (Å²) < 4.78 is 26.9. The molecule has 0 atom stereocenters. The molecule has 4 nitrogen and oxygen atoms in total. The zero-order valence-electron chi connectivity index (χ0n) is 9.81. The van der Waals surface area contributed by atoms with Crippen LogP contribution < -0.4 is 0 Å². The van der Waals surface area contributed by atoms with Gasteiger partial charge in [0.15, 0.2) is 0 Å². The maximum absolute atomic E-state index is 12.3. The number of aliphatic hydroxyl groups is 1. The lowest BCUT2D eigenvalue weighted by atomic mass is 10.4. The van der Waals surface area contributed by atoms with Crippen LogP contribution in [-0.2, 0) is 10.0 Å². The third-order valence-electron chi connectivity index (χ3n) is 2.38. The van der Waals surface area contributed by atoms with Crippen molar-refractivity contribution in [2.45, 2.75) is 25.2 Å². The van der Waals surface area contributed by atoms with E-state index in [-0.39, 0.29) is 6.61 Å². The molecule has 1 aromatic heterocycles. The predicted octanol–water partition coefficient (Wildman–Crippen LogP) is 2.21. The molecule has 0 aliphatic rings. The van der Waals surface area contributed by atoms with Crippen LogP contribution in [0.4, 0.5) is 0 Å². The summed E-state index contributed by atoms with van der Waals surface area (Å²) in [5.74, 6) is 0. The molecule has 0 fully saturated rings. The monoisotopic (exact) mass is 341 g/mol. The van der Waals surface area contributed by atoms with Gasteiger partial charge < -0.3 is 5.11 Å². The van der Waals surface area contributed by atoms with Crippen LogP contribution in [0.1, 0.15) is 18.2 Å². The fourth-order valence-electron chi connectivity index (χ4n) is 1.52. The molecule has 7 heteroatoms. The lowest BCUT2D eigenvalue weighted by molar-refractivity contribution is 0.271. The first-order valence-corrected chi connectivity index (χ1v) is 8.35. The number of nitrogens with zero attached hydrogens (tertiary/aromatic N) is 1. The van der Waals surface area contributed by atoms with E-state index < -0.39 is 10.0 Å². The maximum Gasteiger partial charge on any atom is 0.244 e. The molecule has 0 aromatic carbocycles. The molecule has 1 rings (SSSR count). The van der Waals surface area contributed by atoms with Gasteiger partial charge in [0.1, 0.15) is 0 Å². The van der Waals surface area contributed by atoms with E-state index >= 15 is 0 Å². The Balaban J connectivity index is 3.04. The summed E-state index contributed by atoms with van der Waals surface area (Å²) in [6, 6.07) is 1.64. The number of thiophene rings is 1. The molecule has 1 N–H and O–H groups in total. The van der Waals surface area contributed by atoms with Crippen LogP contribution in [0, 0.1) is 6.92 Å². The van der Waals surface area contributed by atoms with Crippen molar-refractivity contribution in [1.82, 2.24) is 4.31 Å². The molecule has 0 unspecified atom stereocenters. The van der Waals surface area contributed by atoms with E-state index in [0.717, 1.165) is 8.66 Å². The molecule has 0 amide bonds. The van der Waals surface area contributed by atoms with Crippen LogP contribution in [-0.4, -0.2) is 37.5 Å². The second-order valence-electron chi connectivity index (χ2n) is 3.54. The Morgan fingerprint density at radius 3 is 2.59 bits per heavy atom. The molecule has 0 spiro atoms. The second-order valence-corrected chi connectivity index (χ2v) is 8.09. The fourth-order valence-corrected chi connectivity index (χ4v) is 5.39. The van der Waals surface area contributed by atoms with Crippen LogP contribution in [0.2, 0.25) is 0 Å². The Kier molecular flexibility index (Phi) is 5.59. The smallest absolute Gasteiger partial charge is 0.244 e. The number of hydrogen-bond acceptors (Lipinski definition) is 4. The largest absolute Gasteiger partial charge is 0.396 e. The van der Waals surface area contributed by atoms with Crippen LogP contribution in [0.5, 0.6) is 0 Å². The second kappa shape index (κ2) is 6.29. The third kappa shape index (κ3) is 3.51. The van der Waals surface area contributed by atoms with E-state index in [2.05, 4.69) is 15.9 Å². The standard InChI is InChI=1S/C10H16BrNO3S2/c1-3-12(5-4-6-13)17(14,15)9-7-10(11)16-8(9)2/h7,13H,3-6H2,1-2H3. The third-order valence-corrected chi connectivity index (χ3v) is 6.16. The quantitative estimate of drug-likeness (QED) is 0.862. The molecule has 0 saturated heterocycles. The minimum Gasteiger partial charge on any atom is -0.396 e. The minimum atomic E-state index is -3.43. The Bertz CT molecular complexity index is 470. The summed E-state index contributed by atoms with van der Waals surface area (Å²) in [5.41, 5.74) is 0. The summed E-state index contributed by atoms with van der Waals surface area (Å²) in [7, 11) is -3.43. The Morgan fingerprint density at radius 2 is 2.18 bits per heavy atom. The van der Waals surface area contributed by atoms with Gasteiger partial charge >= 0.3 is 0 Å². The summed E-state index contributed by atoms with van der Waals surface area (Å²) >= 11 is 4.70. The Morgan fingerprint density at radius 1 is 1.53 bits per heavy atom. The van der Waals surface area contributed by atoms with Crippen LogP contribution in [0.25, 0.3) is 0 Å². The van der Waals surface area contributed by atoms with Gasteiger partial charge in [-0.2, -0.15) is 4.31 Å². The molecule has 0 saturated carbocycles. The van der Waals surface area contributed by atoms with Gasteiger partial charge in [-0.05, 0) is 35.3 Å². The minimum absolute atomic E-state index is 0.00165. The van der Waals surface area contributed by atoms with Crippen molar-refractivity contribution in [2.75, 3.05) is 19.7 Å². The van der Waals surface area contributed by atoms with E-state index in [1.54, 1.807) is 19.9 Å². The predicted molar refractivity (Wildman–Crippen MR) is 72.9 cm³/mol.